The van der Waals surface area contributed by atoms with Gasteiger partial charge in [-0.3, -0.25) is 4.79 Å². The summed E-state index contributed by atoms with van der Waals surface area (Å²) in [6, 6.07) is 7.09. The number of nitrogen functional groups attached to an aromatic ring is 1. The van der Waals surface area contributed by atoms with E-state index in [1.54, 1.807) is 12.1 Å². The lowest BCUT2D eigenvalue weighted by molar-refractivity contribution is 0.0955. The van der Waals surface area contributed by atoms with E-state index in [2.05, 4.69) is 20.1 Å². The molecule has 1 amide bonds. The van der Waals surface area contributed by atoms with Crippen LogP contribution in [-0.4, -0.2) is 27.2 Å². The zero-order chi connectivity index (χ0) is 15.4. The van der Waals surface area contributed by atoms with Crippen LogP contribution in [0.25, 0.3) is 0 Å². The highest BCUT2D eigenvalue weighted by atomic mass is 35.5. The standard InChI is InChI=1S/C16H21N5O.2ClH/c17-13-7-4-3-6-12(13)16(22)18-10-9-15-20-19-14-8-2-1-5-11-21(14)15;;/h3-4,6-7H,1-2,5,8-11,17H2,(H,18,22);2*1H. The number of rotatable bonds is 4. The van der Waals surface area contributed by atoms with Crippen molar-refractivity contribution in [1.82, 2.24) is 20.1 Å². The SMILES string of the molecule is Cl.Cl.Nc1ccccc1C(=O)NCCc1nnc2n1CCCCC2. The number of hydrogen-bond donors (Lipinski definition) is 2. The van der Waals surface area contributed by atoms with Crippen LogP contribution in [-0.2, 0) is 19.4 Å². The van der Waals surface area contributed by atoms with Gasteiger partial charge in [0.05, 0.1) is 5.56 Å². The number of fused-ring (bicyclic) bond motifs is 1. The molecule has 1 aliphatic rings. The molecule has 2 heterocycles. The average Bonchev–Trinajstić information content (AvgIpc) is 2.75. The highest BCUT2D eigenvalue weighted by Gasteiger charge is 2.15. The van der Waals surface area contributed by atoms with Crippen LogP contribution >= 0.6 is 24.8 Å². The number of carbonyl (C=O) groups excluding carboxylic acids is 1. The van der Waals surface area contributed by atoms with Crippen molar-refractivity contribution in [2.24, 2.45) is 0 Å². The number of aromatic nitrogens is 3. The molecule has 1 aromatic heterocycles. The number of amides is 1. The van der Waals surface area contributed by atoms with E-state index < -0.39 is 0 Å². The molecule has 1 aromatic carbocycles. The third-order valence-electron chi connectivity index (χ3n) is 4.03. The number of anilines is 1. The largest absolute Gasteiger partial charge is 0.398 e. The lowest BCUT2D eigenvalue weighted by Crippen LogP contribution is -2.27. The van der Waals surface area contributed by atoms with Gasteiger partial charge < -0.3 is 15.6 Å². The second-order valence-electron chi connectivity index (χ2n) is 5.59. The van der Waals surface area contributed by atoms with Gasteiger partial charge in [0.2, 0.25) is 0 Å². The van der Waals surface area contributed by atoms with Gasteiger partial charge in [-0.15, -0.1) is 35.0 Å². The van der Waals surface area contributed by atoms with Crippen molar-refractivity contribution in [3.05, 3.63) is 41.5 Å². The summed E-state index contributed by atoms with van der Waals surface area (Å²) in [6.07, 6.45) is 5.28. The molecule has 24 heavy (non-hydrogen) atoms. The average molecular weight is 372 g/mol. The third kappa shape index (κ3) is 4.61. The van der Waals surface area contributed by atoms with Crippen molar-refractivity contribution in [2.75, 3.05) is 12.3 Å². The molecule has 3 N–H and O–H groups in total. The summed E-state index contributed by atoms with van der Waals surface area (Å²) in [6.45, 7) is 1.52. The van der Waals surface area contributed by atoms with Crippen LogP contribution in [0, 0.1) is 0 Å². The quantitative estimate of drug-likeness (QED) is 0.807. The normalized spacial score (nSPS) is 13.0. The molecule has 0 unspecified atom stereocenters. The van der Waals surface area contributed by atoms with Crippen molar-refractivity contribution >= 4 is 36.4 Å². The maximum atomic E-state index is 12.1. The Bertz CT molecular complexity index is 674. The molecule has 0 saturated carbocycles. The molecular weight excluding hydrogens is 349 g/mol. The number of nitrogens with two attached hydrogens (primary N) is 1. The first-order chi connectivity index (χ1) is 10.8. The molecule has 0 radical (unpaired) electrons. The first-order valence-corrected chi connectivity index (χ1v) is 7.79. The second kappa shape index (κ2) is 9.49. The molecule has 0 saturated heterocycles. The number of hydrogen-bond acceptors (Lipinski definition) is 4. The number of para-hydroxylation sites is 1. The highest BCUT2D eigenvalue weighted by Crippen LogP contribution is 2.14. The highest BCUT2D eigenvalue weighted by molar-refractivity contribution is 5.99. The van der Waals surface area contributed by atoms with Gasteiger partial charge in [-0.25, -0.2) is 0 Å². The fraction of sp³-hybridized carbons (Fsp3) is 0.438. The third-order valence-corrected chi connectivity index (χ3v) is 4.03. The molecule has 1 aliphatic heterocycles. The number of carbonyl (C=O) groups is 1. The first kappa shape index (κ1) is 20.3. The van der Waals surface area contributed by atoms with E-state index in [1.165, 1.54) is 19.3 Å². The monoisotopic (exact) mass is 371 g/mol. The summed E-state index contributed by atoms with van der Waals surface area (Å²) in [4.78, 5) is 12.1. The molecule has 3 rings (SSSR count). The van der Waals surface area contributed by atoms with Crippen molar-refractivity contribution < 1.29 is 4.79 Å². The van der Waals surface area contributed by atoms with Gasteiger partial charge in [-0.1, -0.05) is 18.6 Å². The van der Waals surface area contributed by atoms with Crippen LogP contribution in [0.1, 0.15) is 41.3 Å². The van der Waals surface area contributed by atoms with E-state index in [1.807, 2.05) is 12.1 Å². The Morgan fingerprint density at radius 2 is 1.96 bits per heavy atom. The minimum atomic E-state index is -0.145. The summed E-state index contributed by atoms with van der Waals surface area (Å²) in [5, 5.41) is 11.4. The van der Waals surface area contributed by atoms with E-state index in [0.717, 1.165) is 24.6 Å². The zero-order valence-electron chi connectivity index (χ0n) is 13.4. The second-order valence-corrected chi connectivity index (χ2v) is 5.59. The fourth-order valence-corrected chi connectivity index (χ4v) is 2.82. The molecule has 8 heteroatoms. The number of nitrogens with zero attached hydrogens (tertiary/aromatic N) is 3. The van der Waals surface area contributed by atoms with E-state index in [0.29, 0.717) is 24.2 Å². The van der Waals surface area contributed by atoms with E-state index in [4.69, 9.17) is 5.73 Å². The number of benzene rings is 1. The first-order valence-electron chi connectivity index (χ1n) is 7.79. The molecule has 132 valence electrons. The van der Waals surface area contributed by atoms with Gasteiger partial charge in [-0.2, -0.15) is 0 Å². The molecule has 0 spiro atoms. The van der Waals surface area contributed by atoms with Crippen LogP contribution in [0.15, 0.2) is 24.3 Å². The van der Waals surface area contributed by atoms with Crippen LogP contribution < -0.4 is 11.1 Å². The molecule has 0 aliphatic carbocycles. The summed E-state index contributed by atoms with van der Waals surface area (Å²) in [5.41, 5.74) is 6.82. The topological polar surface area (TPSA) is 85.8 Å². The smallest absolute Gasteiger partial charge is 0.253 e. The van der Waals surface area contributed by atoms with Crippen molar-refractivity contribution in [2.45, 2.75) is 38.6 Å². The van der Waals surface area contributed by atoms with Crippen LogP contribution in [0.5, 0.6) is 0 Å². The Balaban J connectivity index is 0.00000144. The van der Waals surface area contributed by atoms with Crippen molar-refractivity contribution in [3.8, 4) is 0 Å². The fourth-order valence-electron chi connectivity index (χ4n) is 2.82. The molecule has 0 bridgehead atoms. The Labute approximate surface area is 154 Å². The molecule has 0 atom stereocenters. The van der Waals surface area contributed by atoms with Gasteiger partial charge in [0.1, 0.15) is 11.6 Å². The Morgan fingerprint density at radius 1 is 1.17 bits per heavy atom. The van der Waals surface area contributed by atoms with Crippen LogP contribution in [0.4, 0.5) is 5.69 Å². The van der Waals surface area contributed by atoms with Gasteiger partial charge in [0, 0.05) is 31.6 Å². The molecular formula is C16H23Cl2N5O. The summed E-state index contributed by atoms with van der Waals surface area (Å²) < 4.78 is 2.20. The summed E-state index contributed by atoms with van der Waals surface area (Å²) >= 11 is 0. The molecule has 2 aromatic rings. The predicted octanol–water partition coefficient (Wildman–Crippen LogP) is 2.40. The minimum absolute atomic E-state index is 0. The van der Waals surface area contributed by atoms with Gasteiger partial charge in [0.25, 0.3) is 5.91 Å². The van der Waals surface area contributed by atoms with E-state index >= 15 is 0 Å². The lowest BCUT2D eigenvalue weighted by atomic mass is 10.1. The Hall–Kier alpha value is -1.79. The maximum Gasteiger partial charge on any atom is 0.253 e. The number of halogens is 2. The Morgan fingerprint density at radius 3 is 2.75 bits per heavy atom. The van der Waals surface area contributed by atoms with Gasteiger partial charge in [-0.05, 0) is 25.0 Å². The van der Waals surface area contributed by atoms with E-state index in [9.17, 15) is 4.79 Å². The van der Waals surface area contributed by atoms with E-state index in [-0.39, 0.29) is 30.7 Å². The zero-order valence-corrected chi connectivity index (χ0v) is 15.0. The van der Waals surface area contributed by atoms with Gasteiger partial charge >= 0.3 is 0 Å². The van der Waals surface area contributed by atoms with Gasteiger partial charge in [0.15, 0.2) is 0 Å². The predicted molar refractivity (Wildman–Crippen MR) is 99.0 cm³/mol. The summed E-state index contributed by atoms with van der Waals surface area (Å²) in [5.74, 6) is 1.89. The number of nitrogens with one attached hydrogen (secondary N) is 1. The Kier molecular flexibility index (Phi) is 8.01. The molecule has 6 nitrogen and oxygen atoms in total. The number of aryl methyl sites for hydroxylation is 1. The van der Waals surface area contributed by atoms with Crippen LogP contribution in [0.2, 0.25) is 0 Å². The van der Waals surface area contributed by atoms with Crippen molar-refractivity contribution in [3.63, 3.8) is 0 Å². The molecule has 0 fully saturated rings. The minimum Gasteiger partial charge on any atom is -0.398 e. The lowest BCUT2D eigenvalue weighted by Gasteiger charge is -2.09. The maximum absolute atomic E-state index is 12.1. The van der Waals surface area contributed by atoms with Crippen LogP contribution in [0.3, 0.4) is 0 Å². The van der Waals surface area contributed by atoms with Crippen molar-refractivity contribution in [1.29, 1.82) is 0 Å². The summed E-state index contributed by atoms with van der Waals surface area (Å²) in [7, 11) is 0.